The van der Waals surface area contributed by atoms with Gasteiger partial charge < -0.3 is 19.3 Å². The van der Waals surface area contributed by atoms with Crippen molar-refractivity contribution >= 4 is 5.97 Å². The molecule has 0 aliphatic carbocycles. The molecule has 1 aliphatic heterocycles. The van der Waals surface area contributed by atoms with Gasteiger partial charge in [0, 0.05) is 6.42 Å². The first-order valence-corrected chi connectivity index (χ1v) is 8.31. The molecule has 1 aliphatic rings. The van der Waals surface area contributed by atoms with E-state index in [1.54, 1.807) is 31.2 Å². The summed E-state index contributed by atoms with van der Waals surface area (Å²) >= 11 is 0. The van der Waals surface area contributed by atoms with Crippen LogP contribution in [0.15, 0.2) is 60.7 Å². The van der Waals surface area contributed by atoms with Gasteiger partial charge in [0.2, 0.25) is 0 Å². The Morgan fingerprint density at radius 2 is 1.80 bits per heavy atom. The summed E-state index contributed by atoms with van der Waals surface area (Å²) in [5.74, 6) is -1.71. The van der Waals surface area contributed by atoms with Crippen LogP contribution >= 0.6 is 0 Å². The molecule has 0 saturated carbocycles. The summed E-state index contributed by atoms with van der Waals surface area (Å²) in [5.41, 5.74) is 1.52. The van der Waals surface area contributed by atoms with Gasteiger partial charge in [-0.2, -0.15) is 0 Å². The van der Waals surface area contributed by atoms with Gasteiger partial charge in [-0.25, -0.2) is 4.79 Å². The Kier molecular flexibility index (Phi) is 5.48. The Morgan fingerprint density at radius 1 is 1.16 bits per heavy atom. The topological polar surface area (TPSA) is 65.0 Å². The van der Waals surface area contributed by atoms with Gasteiger partial charge in [0.05, 0.1) is 18.3 Å². The van der Waals surface area contributed by atoms with E-state index in [1.807, 2.05) is 36.4 Å². The SMILES string of the molecule is CC1(O)C[C@H](OCc2ccccc2)[C@@H](COC(=O)c2ccccc2)O1. The maximum atomic E-state index is 12.1. The highest BCUT2D eigenvalue weighted by Crippen LogP contribution is 2.31. The van der Waals surface area contributed by atoms with E-state index >= 15 is 0 Å². The van der Waals surface area contributed by atoms with Crippen LogP contribution in [-0.4, -0.2) is 35.7 Å². The third kappa shape index (κ3) is 4.89. The third-order valence-electron chi connectivity index (χ3n) is 4.09. The monoisotopic (exact) mass is 342 g/mol. The Balaban J connectivity index is 1.57. The van der Waals surface area contributed by atoms with E-state index < -0.39 is 17.9 Å². The molecule has 2 aromatic carbocycles. The fraction of sp³-hybridized carbons (Fsp3) is 0.350. The van der Waals surface area contributed by atoms with Crippen molar-refractivity contribution in [2.75, 3.05) is 6.61 Å². The molecule has 1 saturated heterocycles. The van der Waals surface area contributed by atoms with Crippen LogP contribution in [0.1, 0.15) is 29.3 Å². The predicted octanol–water partition coefficient (Wildman–Crippen LogP) is 2.93. The van der Waals surface area contributed by atoms with Gasteiger partial charge >= 0.3 is 5.97 Å². The van der Waals surface area contributed by atoms with Crippen molar-refractivity contribution < 1.29 is 24.1 Å². The zero-order chi connectivity index (χ0) is 17.7. The maximum absolute atomic E-state index is 12.1. The molecule has 1 heterocycles. The lowest BCUT2D eigenvalue weighted by atomic mass is 10.1. The van der Waals surface area contributed by atoms with E-state index in [-0.39, 0.29) is 12.7 Å². The Morgan fingerprint density at radius 3 is 2.48 bits per heavy atom. The lowest BCUT2D eigenvalue weighted by Crippen LogP contribution is -2.31. The van der Waals surface area contributed by atoms with Gasteiger partial charge in [-0.15, -0.1) is 0 Å². The Bertz CT molecular complexity index is 684. The lowest BCUT2D eigenvalue weighted by Gasteiger charge is -2.19. The fourth-order valence-corrected chi connectivity index (χ4v) is 2.86. The van der Waals surface area contributed by atoms with Crippen LogP contribution in [0.2, 0.25) is 0 Å². The molecule has 0 spiro atoms. The molecule has 0 bridgehead atoms. The van der Waals surface area contributed by atoms with Gasteiger partial charge in [-0.3, -0.25) is 0 Å². The molecule has 1 N–H and O–H groups in total. The van der Waals surface area contributed by atoms with Crippen LogP contribution in [0.4, 0.5) is 0 Å². The van der Waals surface area contributed by atoms with Crippen molar-refractivity contribution in [3.05, 3.63) is 71.8 Å². The maximum Gasteiger partial charge on any atom is 0.338 e. The number of hydrogen-bond acceptors (Lipinski definition) is 5. The fourth-order valence-electron chi connectivity index (χ4n) is 2.86. The van der Waals surface area contributed by atoms with Crippen LogP contribution in [0.25, 0.3) is 0 Å². The molecule has 1 unspecified atom stereocenters. The first-order valence-electron chi connectivity index (χ1n) is 8.31. The van der Waals surface area contributed by atoms with E-state index in [0.29, 0.717) is 18.6 Å². The van der Waals surface area contributed by atoms with E-state index in [4.69, 9.17) is 14.2 Å². The minimum atomic E-state index is -1.29. The minimum absolute atomic E-state index is 0.0311. The third-order valence-corrected chi connectivity index (χ3v) is 4.09. The van der Waals surface area contributed by atoms with Crippen LogP contribution in [-0.2, 0) is 20.8 Å². The second-order valence-corrected chi connectivity index (χ2v) is 6.33. The molecular weight excluding hydrogens is 320 g/mol. The molecule has 0 radical (unpaired) electrons. The van der Waals surface area contributed by atoms with Gasteiger partial charge in [0.25, 0.3) is 0 Å². The number of esters is 1. The first-order chi connectivity index (χ1) is 12.0. The largest absolute Gasteiger partial charge is 0.459 e. The summed E-state index contributed by atoms with van der Waals surface area (Å²) in [5, 5.41) is 10.2. The number of hydrogen-bond donors (Lipinski definition) is 1. The summed E-state index contributed by atoms with van der Waals surface area (Å²) in [6, 6.07) is 18.5. The van der Waals surface area contributed by atoms with Crippen molar-refractivity contribution in [1.82, 2.24) is 0 Å². The molecule has 132 valence electrons. The highest BCUT2D eigenvalue weighted by molar-refractivity contribution is 5.89. The van der Waals surface area contributed by atoms with Crippen molar-refractivity contribution in [2.24, 2.45) is 0 Å². The number of rotatable bonds is 6. The second kappa shape index (κ2) is 7.78. The molecule has 3 rings (SSSR count). The van der Waals surface area contributed by atoms with Crippen LogP contribution in [0, 0.1) is 0 Å². The minimum Gasteiger partial charge on any atom is -0.459 e. The summed E-state index contributed by atoms with van der Waals surface area (Å²) in [6.07, 6.45) is -0.530. The van der Waals surface area contributed by atoms with Gasteiger partial charge in [-0.05, 0) is 24.6 Å². The highest BCUT2D eigenvalue weighted by atomic mass is 16.7. The van der Waals surface area contributed by atoms with Crippen LogP contribution < -0.4 is 0 Å². The zero-order valence-electron chi connectivity index (χ0n) is 14.1. The quantitative estimate of drug-likeness (QED) is 0.818. The number of carbonyl (C=O) groups excluding carboxylic acids is 1. The number of benzene rings is 2. The van der Waals surface area contributed by atoms with E-state index in [0.717, 1.165) is 5.56 Å². The zero-order valence-corrected chi connectivity index (χ0v) is 14.1. The smallest absolute Gasteiger partial charge is 0.338 e. The molecule has 3 atom stereocenters. The lowest BCUT2D eigenvalue weighted by molar-refractivity contribution is -0.186. The molecule has 5 heteroatoms. The van der Waals surface area contributed by atoms with E-state index in [2.05, 4.69) is 0 Å². The summed E-state index contributed by atoms with van der Waals surface area (Å²) in [4.78, 5) is 12.1. The van der Waals surface area contributed by atoms with Crippen molar-refractivity contribution in [1.29, 1.82) is 0 Å². The van der Waals surface area contributed by atoms with Crippen molar-refractivity contribution in [3.63, 3.8) is 0 Å². The molecule has 5 nitrogen and oxygen atoms in total. The molecular formula is C20H22O5. The number of ether oxygens (including phenoxy) is 3. The standard InChI is InChI=1S/C20H22O5/c1-20(22)12-17(23-13-15-8-4-2-5-9-15)18(25-20)14-24-19(21)16-10-6-3-7-11-16/h2-11,17-18,22H,12-14H2,1H3/t17-,18+,20?/m0/s1. The van der Waals surface area contributed by atoms with E-state index in [9.17, 15) is 9.90 Å². The van der Waals surface area contributed by atoms with Gasteiger partial charge in [-0.1, -0.05) is 48.5 Å². The van der Waals surface area contributed by atoms with Crippen LogP contribution in [0.5, 0.6) is 0 Å². The van der Waals surface area contributed by atoms with Crippen LogP contribution in [0.3, 0.4) is 0 Å². The molecule has 0 amide bonds. The Labute approximate surface area is 147 Å². The number of aliphatic hydroxyl groups is 1. The summed E-state index contributed by atoms with van der Waals surface area (Å²) in [7, 11) is 0. The average Bonchev–Trinajstić information content (AvgIpc) is 2.93. The van der Waals surface area contributed by atoms with E-state index in [1.165, 1.54) is 0 Å². The summed E-state index contributed by atoms with van der Waals surface area (Å²) < 4.78 is 16.8. The number of carbonyl (C=O) groups is 1. The highest BCUT2D eigenvalue weighted by Gasteiger charge is 2.43. The molecule has 2 aromatic rings. The van der Waals surface area contributed by atoms with Crippen molar-refractivity contribution in [3.8, 4) is 0 Å². The Hall–Kier alpha value is -2.21. The van der Waals surface area contributed by atoms with Gasteiger partial charge in [0.15, 0.2) is 5.79 Å². The normalized spacial score (nSPS) is 25.7. The van der Waals surface area contributed by atoms with Crippen molar-refractivity contribution in [2.45, 2.75) is 37.9 Å². The second-order valence-electron chi connectivity index (χ2n) is 6.33. The molecule has 1 fully saturated rings. The molecule has 0 aromatic heterocycles. The first kappa shape index (κ1) is 17.6. The molecule has 25 heavy (non-hydrogen) atoms. The van der Waals surface area contributed by atoms with Gasteiger partial charge in [0.1, 0.15) is 12.7 Å². The predicted molar refractivity (Wildman–Crippen MR) is 91.9 cm³/mol. The summed E-state index contributed by atoms with van der Waals surface area (Å²) in [6.45, 7) is 2.03. The average molecular weight is 342 g/mol.